The van der Waals surface area contributed by atoms with Crippen LogP contribution in [0.4, 0.5) is 10.5 Å². The third-order valence-corrected chi connectivity index (χ3v) is 6.17. The monoisotopic (exact) mass is 462 g/mol. The molecule has 1 aromatic carbocycles. The number of urea groups is 1. The van der Waals surface area contributed by atoms with Crippen LogP contribution in [0, 0.1) is 6.92 Å². The molecule has 0 aromatic heterocycles. The summed E-state index contributed by atoms with van der Waals surface area (Å²) in [6.45, 7) is 8.99. The van der Waals surface area contributed by atoms with E-state index in [0.717, 1.165) is 17.7 Å². The van der Waals surface area contributed by atoms with Gasteiger partial charge in [0, 0.05) is 18.8 Å². The summed E-state index contributed by atoms with van der Waals surface area (Å²) in [5.74, 6) is -0.698. The van der Waals surface area contributed by atoms with Crippen LogP contribution in [0.2, 0.25) is 0 Å². The zero-order valence-electron chi connectivity index (χ0n) is 20.7. The molecule has 0 aliphatic carbocycles. The van der Waals surface area contributed by atoms with Crippen molar-refractivity contribution >= 4 is 11.7 Å². The highest BCUT2D eigenvalue weighted by molar-refractivity contribution is 5.89. The molecular weight excluding hydrogens is 420 g/mol. The molecule has 2 aliphatic rings. The Labute approximate surface area is 198 Å². The van der Waals surface area contributed by atoms with Gasteiger partial charge in [-0.1, -0.05) is 69.6 Å². The minimum atomic E-state index is -0.698. The summed E-state index contributed by atoms with van der Waals surface area (Å²) >= 11 is 0. The van der Waals surface area contributed by atoms with Crippen molar-refractivity contribution in [2.45, 2.75) is 109 Å². The van der Waals surface area contributed by atoms with Crippen molar-refractivity contribution in [3.05, 3.63) is 29.8 Å². The summed E-state index contributed by atoms with van der Waals surface area (Å²) < 4.78 is 24.2. The first-order valence-electron chi connectivity index (χ1n) is 12.6. The van der Waals surface area contributed by atoms with E-state index in [1.807, 2.05) is 45.0 Å². The van der Waals surface area contributed by atoms with Crippen LogP contribution in [-0.4, -0.2) is 49.6 Å². The van der Waals surface area contributed by atoms with Gasteiger partial charge in [0.25, 0.3) is 0 Å². The van der Waals surface area contributed by atoms with E-state index in [-0.39, 0.29) is 24.3 Å². The summed E-state index contributed by atoms with van der Waals surface area (Å²) in [4.78, 5) is 12.4. The maximum absolute atomic E-state index is 12.4. The number of carbonyl (C=O) groups excluding carboxylic acids is 1. The van der Waals surface area contributed by atoms with E-state index >= 15 is 0 Å². The number of hydrogen-bond donors (Lipinski definition) is 2. The Bertz CT molecular complexity index is 724. The second-order valence-corrected chi connectivity index (χ2v) is 9.65. The molecule has 3 rings (SSSR count). The summed E-state index contributed by atoms with van der Waals surface area (Å²) in [5, 5.41) is 5.74. The summed E-state index contributed by atoms with van der Waals surface area (Å²) in [6, 6.07) is 7.41. The predicted molar refractivity (Wildman–Crippen MR) is 129 cm³/mol. The number of hydrogen-bond acceptors (Lipinski definition) is 5. The number of amides is 2. The highest BCUT2D eigenvalue weighted by atomic mass is 16.8. The fourth-order valence-corrected chi connectivity index (χ4v) is 4.37. The van der Waals surface area contributed by atoms with Crippen molar-refractivity contribution in [2.24, 2.45) is 0 Å². The summed E-state index contributed by atoms with van der Waals surface area (Å²) in [6.07, 6.45) is 8.64. The van der Waals surface area contributed by atoms with Gasteiger partial charge in [-0.3, -0.25) is 0 Å². The number of nitrogens with one attached hydrogen (secondary N) is 2. The van der Waals surface area contributed by atoms with E-state index < -0.39 is 12.1 Å². The number of aryl methyl sites for hydroxylation is 1. The first-order valence-corrected chi connectivity index (χ1v) is 12.6. The van der Waals surface area contributed by atoms with Crippen LogP contribution >= 0.6 is 0 Å². The van der Waals surface area contributed by atoms with Crippen molar-refractivity contribution in [2.75, 3.05) is 18.5 Å². The lowest BCUT2D eigenvalue weighted by Crippen LogP contribution is -2.44. The summed E-state index contributed by atoms with van der Waals surface area (Å²) in [5.41, 5.74) is 1.89. The zero-order chi connectivity index (χ0) is 23.7. The molecule has 2 aliphatic heterocycles. The molecular formula is C26H42N2O5. The molecule has 2 fully saturated rings. The van der Waals surface area contributed by atoms with Crippen LogP contribution in [0.3, 0.4) is 0 Å². The van der Waals surface area contributed by atoms with E-state index in [1.54, 1.807) is 0 Å². The van der Waals surface area contributed by atoms with Gasteiger partial charge in [0.05, 0.1) is 0 Å². The molecule has 186 valence electrons. The van der Waals surface area contributed by atoms with E-state index in [1.165, 1.54) is 44.9 Å². The lowest BCUT2D eigenvalue weighted by Gasteiger charge is -2.26. The average Bonchev–Trinajstić information content (AvgIpc) is 3.24. The molecule has 33 heavy (non-hydrogen) atoms. The van der Waals surface area contributed by atoms with Gasteiger partial charge in [-0.05, 0) is 39.3 Å². The number of unbranched alkanes of at least 4 members (excludes halogenated alkanes) is 7. The minimum absolute atomic E-state index is 0.275. The van der Waals surface area contributed by atoms with Crippen molar-refractivity contribution < 1.29 is 23.7 Å². The van der Waals surface area contributed by atoms with E-state index in [9.17, 15) is 4.79 Å². The molecule has 2 heterocycles. The standard InChI is InChI=1S/C26H42N2O5/c1-5-6-7-8-9-10-11-12-17-30-22-21(31-24-23(22)32-26(3,4)33-24)18-27-25(29)28-20-15-13-19(2)14-16-20/h13-16,21-24H,5-12,17-18H2,1-4H3,(H2,27,28,29)/t21-,22-,23+,24+/m0/s1. The maximum atomic E-state index is 12.4. The number of carbonyl (C=O) groups is 1. The van der Waals surface area contributed by atoms with Gasteiger partial charge in [-0.25, -0.2) is 4.79 Å². The topological polar surface area (TPSA) is 78.1 Å². The highest BCUT2D eigenvalue weighted by Gasteiger charge is 2.55. The van der Waals surface area contributed by atoms with Gasteiger partial charge >= 0.3 is 6.03 Å². The lowest BCUT2D eigenvalue weighted by molar-refractivity contribution is -0.217. The molecule has 0 radical (unpaired) electrons. The van der Waals surface area contributed by atoms with E-state index in [0.29, 0.717) is 13.2 Å². The third-order valence-electron chi connectivity index (χ3n) is 6.17. The molecule has 7 heteroatoms. The Hall–Kier alpha value is -1.67. The molecule has 4 atom stereocenters. The quantitative estimate of drug-likeness (QED) is 0.378. The normalized spacial score (nSPS) is 25.7. The molecule has 0 spiro atoms. The number of fused-ring (bicyclic) bond motifs is 1. The van der Waals surface area contributed by atoms with E-state index in [2.05, 4.69) is 17.6 Å². The Kier molecular flexibility index (Phi) is 9.98. The van der Waals surface area contributed by atoms with Crippen LogP contribution < -0.4 is 10.6 Å². The second-order valence-electron chi connectivity index (χ2n) is 9.65. The molecule has 2 N–H and O–H groups in total. The molecule has 0 unspecified atom stereocenters. The predicted octanol–water partition coefficient (Wildman–Crippen LogP) is 5.52. The number of anilines is 1. The Morgan fingerprint density at radius 2 is 1.67 bits per heavy atom. The number of benzene rings is 1. The lowest BCUT2D eigenvalue weighted by atomic mass is 10.1. The Morgan fingerprint density at radius 3 is 2.36 bits per heavy atom. The number of rotatable bonds is 13. The average molecular weight is 463 g/mol. The molecule has 0 bridgehead atoms. The smallest absolute Gasteiger partial charge is 0.319 e. The molecule has 2 amide bonds. The van der Waals surface area contributed by atoms with Gasteiger partial charge in [0.2, 0.25) is 0 Å². The SMILES string of the molecule is CCCCCCCCCCO[C@@H]1[C@H]2OC(C)(C)O[C@H]2O[C@H]1CNC(=O)Nc1ccc(C)cc1. The van der Waals surface area contributed by atoms with Crippen molar-refractivity contribution in [3.8, 4) is 0 Å². The molecule has 1 aromatic rings. The van der Waals surface area contributed by atoms with Gasteiger partial charge in [-0.15, -0.1) is 0 Å². The van der Waals surface area contributed by atoms with E-state index in [4.69, 9.17) is 18.9 Å². The van der Waals surface area contributed by atoms with Gasteiger partial charge in [0.1, 0.15) is 18.3 Å². The van der Waals surface area contributed by atoms with Crippen LogP contribution in [0.15, 0.2) is 24.3 Å². The highest BCUT2D eigenvalue weighted by Crippen LogP contribution is 2.38. The third kappa shape index (κ3) is 8.25. The van der Waals surface area contributed by atoms with Crippen LogP contribution in [0.25, 0.3) is 0 Å². The van der Waals surface area contributed by atoms with Gasteiger partial charge < -0.3 is 29.6 Å². The fourth-order valence-electron chi connectivity index (χ4n) is 4.37. The zero-order valence-corrected chi connectivity index (χ0v) is 20.7. The van der Waals surface area contributed by atoms with Gasteiger partial charge in [-0.2, -0.15) is 0 Å². The van der Waals surface area contributed by atoms with Gasteiger partial charge in [0.15, 0.2) is 12.1 Å². The largest absolute Gasteiger partial charge is 0.373 e. The first kappa shape index (κ1) is 25.9. The fraction of sp³-hybridized carbons (Fsp3) is 0.731. The Morgan fingerprint density at radius 1 is 1.00 bits per heavy atom. The molecule has 7 nitrogen and oxygen atoms in total. The van der Waals surface area contributed by atoms with Crippen molar-refractivity contribution in [1.29, 1.82) is 0 Å². The molecule has 2 saturated heterocycles. The Balaban J connectivity index is 1.42. The van der Waals surface area contributed by atoms with Crippen molar-refractivity contribution in [1.82, 2.24) is 5.32 Å². The molecule has 0 saturated carbocycles. The first-order chi connectivity index (χ1) is 15.9. The van der Waals surface area contributed by atoms with Crippen LogP contribution in [0.5, 0.6) is 0 Å². The van der Waals surface area contributed by atoms with Crippen molar-refractivity contribution in [3.63, 3.8) is 0 Å². The second kappa shape index (κ2) is 12.7. The van der Waals surface area contributed by atoms with Crippen LogP contribution in [-0.2, 0) is 18.9 Å². The maximum Gasteiger partial charge on any atom is 0.319 e. The summed E-state index contributed by atoms with van der Waals surface area (Å²) in [7, 11) is 0. The van der Waals surface area contributed by atoms with Crippen LogP contribution in [0.1, 0.15) is 77.7 Å². The number of ether oxygens (including phenoxy) is 4. The minimum Gasteiger partial charge on any atom is -0.373 e.